The predicted octanol–water partition coefficient (Wildman–Crippen LogP) is 5.29. The van der Waals surface area contributed by atoms with Crippen LogP contribution in [-0.4, -0.2) is 0 Å². The van der Waals surface area contributed by atoms with Gasteiger partial charge in [-0.3, -0.25) is 0 Å². The zero-order valence-electron chi connectivity index (χ0n) is 10.8. The second kappa shape index (κ2) is 51.5. The summed E-state index contributed by atoms with van der Waals surface area (Å²) in [5.74, 6) is 0. The van der Waals surface area contributed by atoms with Crippen molar-refractivity contribution in [1.82, 2.24) is 0 Å². The Hall–Kier alpha value is 1.10. The summed E-state index contributed by atoms with van der Waals surface area (Å²) in [7, 11) is 0. The molecule has 83 valence electrons. The maximum Gasteiger partial charge on any atom is 0 e. The van der Waals surface area contributed by atoms with E-state index < -0.39 is 0 Å². The first-order chi connectivity index (χ1) is 5.24. The number of hydrogen-bond acceptors (Lipinski definition) is 0. The molecule has 0 rings (SSSR count). The Labute approximate surface area is 113 Å². The van der Waals surface area contributed by atoms with Gasteiger partial charge in [0, 0.05) is 32.7 Å². The molecule has 1 radical (unpaired) electrons. The molecule has 1 heteroatoms. The van der Waals surface area contributed by atoms with Crippen molar-refractivity contribution in [3.8, 4) is 0 Å². The van der Waals surface area contributed by atoms with Crippen molar-refractivity contribution >= 4 is 0 Å². The molecule has 0 aliphatic carbocycles. The van der Waals surface area contributed by atoms with Crippen molar-refractivity contribution in [3.05, 3.63) is 14.4 Å². The van der Waals surface area contributed by atoms with E-state index in [1.54, 1.807) is 0 Å². The van der Waals surface area contributed by atoms with Crippen LogP contribution in [0.5, 0.6) is 0 Å². The molecule has 0 heterocycles. The third-order valence-electron chi connectivity index (χ3n) is 0.854. The van der Waals surface area contributed by atoms with Gasteiger partial charge in [0.25, 0.3) is 0 Å². The summed E-state index contributed by atoms with van der Waals surface area (Å²) in [4.78, 5) is 0. The van der Waals surface area contributed by atoms with Gasteiger partial charge in [-0.2, -0.15) is 6.42 Å². The third kappa shape index (κ3) is 168. The van der Waals surface area contributed by atoms with Crippen molar-refractivity contribution in [3.63, 3.8) is 0 Å². The Bertz CT molecular complexity index is 20.3. The maximum atomic E-state index is 3.60. The molecule has 0 amide bonds. The van der Waals surface area contributed by atoms with Crippen LogP contribution in [0.2, 0.25) is 0 Å². The van der Waals surface area contributed by atoms with Crippen molar-refractivity contribution in [1.29, 1.82) is 0 Å². The Morgan fingerprint density at radius 1 is 0.769 bits per heavy atom. The van der Waals surface area contributed by atoms with Crippen molar-refractivity contribution in [2.45, 2.75) is 66.7 Å². The van der Waals surface area contributed by atoms with Crippen LogP contribution in [0.15, 0.2) is 0 Å². The predicted molar refractivity (Wildman–Crippen MR) is 63.2 cm³/mol. The molecular weight excluding hydrogens is 233 g/mol. The minimum Gasteiger partial charge on any atom is -0.358 e. The second-order valence-corrected chi connectivity index (χ2v) is 2.56. The molecule has 0 aliphatic rings. The second-order valence-electron chi connectivity index (χ2n) is 2.56. The van der Waals surface area contributed by atoms with E-state index in [2.05, 4.69) is 41.5 Å². The van der Waals surface area contributed by atoms with E-state index in [-0.39, 0.29) is 40.1 Å². The standard InChI is InChI=1S/C4H10.C4H9.C3H8.CH3.Y/c2*1-3-4-2;1-3-2;;/h3-4H2,1-2H3;1,3-4H2,2H3;3H2,1-2H3;1H3;/q;-1;;-1;. The topological polar surface area (TPSA) is 0 Å². The van der Waals surface area contributed by atoms with Crippen LogP contribution < -0.4 is 0 Å². The first-order valence-electron chi connectivity index (χ1n) is 5.04. The molecule has 0 N–H and O–H groups in total. The van der Waals surface area contributed by atoms with Gasteiger partial charge in [0.1, 0.15) is 0 Å². The molecule has 0 fully saturated rings. The van der Waals surface area contributed by atoms with Crippen LogP contribution in [0.3, 0.4) is 0 Å². The quantitative estimate of drug-likeness (QED) is 0.594. The van der Waals surface area contributed by atoms with Gasteiger partial charge in [-0.25, -0.2) is 0 Å². The molecule has 0 bridgehead atoms. The summed E-state index contributed by atoms with van der Waals surface area (Å²) in [6.45, 7) is 14.3. The van der Waals surface area contributed by atoms with Crippen LogP contribution in [0, 0.1) is 14.4 Å². The summed E-state index contributed by atoms with van der Waals surface area (Å²) in [6.07, 6.45) is 6.17. The van der Waals surface area contributed by atoms with Gasteiger partial charge in [0.2, 0.25) is 0 Å². The molecule has 0 saturated carbocycles. The fourth-order valence-corrected chi connectivity index (χ4v) is 0. The van der Waals surface area contributed by atoms with E-state index >= 15 is 0 Å². The zero-order chi connectivity index (χ0) is 9.54. The normalized spacial score (nSPS) is 6.00. The van der Waals surface area contributed by atoms with E-state index in [1.165, 1.54) is 25.7 Å². The van der Waals surface area contributed by atoms with Gasteiger partial charge < -0.3 is 14.4 Å². The van der Waals surface area contributed by atoms with E-state index in [0.717, 1.165) is 6.42 Å². The van der Waals surface area contributed by atoms with E-state index in [9.17, 15) is 0 Å². The van der Waals surface area contributed by atoms with Crippen molar-refractivity contribution < 1.29 is 32.7 Å². The molecular formula is C12H30Y-2. The SMILES string of the molecule is CCC.CCCC.[CH2-]CCC.[CH3-].[Y]. The average Bonchev–Trinajstić information content (AvgIpc) is 2.06. The van der Waals surface area contributed by atoms with E-state index in [0.29, 0.717) is 0 Å². The van der Waals surface area contributed by atoms with Gasteiger partial charge in [0.15, 0.2) is 0 Å². The summed E-state index contributed by atoms with van der Waals surface area (Å²) in [5.41, 5.74) is 0. The maximum absolute atomic E-state index is 3.60. The molecule has 0 aromatic heterocycles. The monoisotopic (exact) mass is 263 g/mol. The molecule has 0 spiro atoms. The third-order valence-corrected chi connectivity index (χ3v) is 0.854. The van der Waals surface area contributed by atoms with Crippen molar-refractivity contribution in [2.24, 2.45) is 0 Å². The fraction of sp³-hybridized carbons (Fsp3) is 0.833. The minimum absolute atomic E-state index is 0. The minimum atomic E-state index is 0. The zero-order valence-corrected chi connectivity index (χ0v) is 13.7. The molecule has 0 unspecified atom stereocenters. The summed E-state index contributed by atoms with van der Waals surface area (Å²) >= 11 is 0. The Morgan fingerprint density at radius 3 is 0.923 bits per heavy atom. The molecule has 0 nitrogen and oxygen atoms in total. The summed E-state index contributed by atoms with van der Waals surface area (Å²) in [5, 5.41) is 0. The van der Waals surface area contributed by atoms with E-state index in [1.807, 2.05) is 0 Å². The first-order valence-corrected chi connectivity index (χ1v) is 5.04. The van der Waals surface area contributed by atoms with Crippen LogP contribution in [0.25, 0.3) is 0 Å². The largest absolute Gasteiger partial charge is 0.358 e. The van der Waals surface area contributed by atoms with Gasteiger partial charge in [0.05, 0.1) is 0 Å². The average molecular weight is 263 g/mol. The smallest absolute Gasteiger partial charge is 0 e. The van der Waals surface area contributed by atoms with Gasteiger partial charge in [-0.15, -0.1) is 0 Å². The number of unbranched alkanes of at least 4 members (excludes halogenated alkanes) is 2. The fourth-order valence-electron chi connectivity index (χ4n) is 0. The van der Waals surface area contributed by atoms with Crippen molar-refractivity contribution in [2.75, 3.05) is 0 Å². The van der Waals surface area contributed by atoms with Gasteiger partial charge in [-0.05, 0) is 0 Å². The Kier molecular flexibility index (Phi) is 116. The van der Waals surface area contributed by atoms with Crippen LogP contribution in [0.1, 0.15) is 66.7 Å². The molecule has 0 aromatic carbocycles. The molecule has 13 heavy (non-hydrogen) atoms. The first kappa shape index (κ1) is 29.2. The Balaban J connectivity index is -0.0000000231. The molecule has 0 atom stereocenters. The number of rotatable bonds is 2. The summed E-state index contributed by atoms with van der Waals surface area (Å²) in [6, 6.07) is 0. The van der Waals surface area contributed by atoms with Gasteiger partial charge >= 0.3 is 0 Å². The van der Waals surface area contributed by atoms with Crippen LogP contribution in [-0.2, 0) is 32.7 Å². The molecule has 0 saturated heterocycles. The van der Waals surface area contributed by atoms with Crippen LogP contribution >= 0.6 is 0 Å². The molecule has 0 aliphatic heterocycles. The van der Waals surface area contributed by atoms with Crippen LogP contribution in [0.4, 0.5) is 0 Å². The summed E-state index contributed by atoms with van der Waals surface area (Å²) < 4.78 is 0. The molecule has 0 aromatic rings. The van der Waals surface area contributed by atoms with Gasteiger partial charge in [-0.1, -0.05) is 60.3 Å². The number of hydrogen-bond donors (Lipinski definition) is 0. The van der Waals surface area contributed by atoms with E-state index in [4.69, 9.17) is 0 Å². The Morgan fingerprint density at radius 2 is 0.923 bits per heavy atom.